The van der Waals surface area contributed by atoms with Crippen LogP contribution in [0.25, 0.3) is 10.9 Å². The van der Waals surface area contributed by atoms with Gasteiger partial charge in [0, 0.05) is 27.1 Å². The summed E-state index contributed by atoms with van der Waals surface area (Å²) in [5.41, 5.74) is 2.67. The Morgan fingerprint density at radius 1 is 1.24 bits per heavy atom. The zero-order valence-corrected chi connectivity index (χ0v) is 13.0. The van der Waals surface area contributed by atoms with E-state index in [-0.39, 0.29) is 11.3 Å². The highest BCUT2D eigenvalue weighted by molar-refractivity contribution is 9.10. The van der Waals surface area contributed by atoms with Crippen molar-refractivity contribution in [2.24, 2.45) is 0 Å². The number of rotatable bonds is 3. The van der Waals surface area contributed by atoms with E-state index in [2.05, 4.69) is 27.8 Å². The average molecular weight is 346 g/mol. The molecule has 2 aromatic carbocycles. The highest BCUT2D eigenvalue weighted by atomic mass is 79.9. The van der Waals surface area contributed by atoms with Crippen LogP contribution < -0.4 is 0 Å². The maximum absolute atomic E-state index is 14.0. The zero-order valence-electron chi connectivity index (χ0n) is 11.4. The minimum Gasteiger partial charge on any atom is -0.360 e. The fourth-order valence-electron chi connectivity index (χ4n) is 2.52. The summed E-state index contributed by atoms with van der Waals surface area (Å²) < 4.78 is 14.6. The Morgan fingerprint density at radius 2 is 2.05 bits per heavy atom. The van der Waals surface area contributed by atoms with Gasteiger partial charge in [0.2, 0.25) is 0 Å². The molecule has 0 aliphatic rings. The van der Waals surface area contributed by atoms with Gasteiger partial charge in [-0.25, -0.2) is 4.39 Å². The SMILES string of the molecule is CCc1cccc2c(C(=O)c3ccc(Br)cc3F)c[nH]c12. The van der Waals surface area contributed by atoms with Gasteiger partial charge in [-0.05, 0) is 30.2 Å². The maximum atomic E-state index is 14.0. The van der Waals surface area contributed by atoms with E-state index in [0.717, 1.165) is 22.9 Å². The number of ketones is 1. The van der Waals surface area contributed by atoms with Crippen molar-refractivity contribution < 1.29 is 9.18 Å². The van der Waals surface area contributed by atoms with Crippen molar-refractivity contribution in [1.29, 1.82) is 0 Å². The number of aromatic nitrogens is 1. The molecule has 0 atom stereocenters. The minimum atomic E-state index is -0.518. The van der Waals surface area contributed by atoms with Gasteiger partial charge in [0.05, 0.1) is 5.56 Å². The number of carbonyl (C=O) groups excluding carboxylic acids is 1. The first kappa shape index (κ1) is 14.0. The molecule has 21 heavy (non-hydrogen) atoms. The highest BCUT2D eigenvalue weighted by Gasteiger charge is 2.18. The molecule has 1 heterocycles. The summed E-state index contributed by atoms with van der Waals surface area (Å²) in [4.78, 5) is 15.7. The Hall–Kier alpha value is -1.94. The van der Waals surface area contributed by atoms with Crippen LogP contribution in [0.2, 0.25) is 0 Å². The molecule has 0 aliphatic heterocycles. The van der Waals surface area contributed by atoms with Crippen LogP contribution in [0.3, 0.4) is 0 Å². The topological polar surface area (TPSA) is 32.9 Å². The van der Waals surface area contributed by atoms with E-state index in [0.29, 0.717) is 10.0 Å². The van der Waals surface area contributed by atoms with E-state index < -0.39 is 5.82 Å². The van der Waals surface area contributed by atoms with Gasteiger partial charge in [0.1, 0.15) is 5.82 Å². The average Bonchev–Trinajstić information content (AvgIpc) is 2.90. The second kappa shape index (κ2) is 5.45. The second-order valence-electron chi connectivity index (χ2n) is 4.85. The molecule has 0 spiro atoms. The van der Waals surface area contributed by atoms with Crippen LogP contribution in [0.4, 0.5) is 4.39 Å². The van der Waals surface area contributed by atoms with Crippen molar-refractivity contribution in [1.82, 2.24) is 4.98 Å². The molecule has 0 amide bonds. The van der Waals surface area contributed by atoms with E-state index in [9.17, 15) is 9.18 Å². The molecule has 106 valence electrons. The molecule has 0 saturated heterocycles. The number of H-pyrrole nitrogens is 1. The van der Waals surface area contributed by atoms with Gasteiger partial charge in [-0.15, -0.1) is 0 Å². The van der Waals surface area contributed by atoms with Crippen molar-refractivity contribution in [3.63, 3.8) is 0 Å². The number of benzene rings is 2. The molecule has 0 fully saturated rings. The van der Waals surface area contributed by atoms with Crippen LogP contribution >= 0.6 is 15.9 Å². The molecule has 1 aromatic heterocycles. The van der Waals surface area contributed by atoms with Crippen molar-refractivity contribution >= 4 is 32.6 Å². The van der Waals surface area contributed by atoms with E-state index >= 15 is 0 Å². The van der Waals surface area contributed by atoms with Gasteiger partial charge in [0.25, 0.3) is 0 Å². The third-order valence-electron chi connectivity index (χ3n) is 3.60. The third-order valence-corrected chi connectivity index (χ3v) is 4.10. The third kappa shape index (κ3) is 2.40. The Balaban J connectivity index is 2.14. The molecular weight excluding hydrogens is 333 g/mol. The summed E-state index contributed by atoms with van der Waals surface area (Å²) in [6.07, 6.45) is 2.53. The summed E-state index contributed by atoms with van der Waals surface area (Å²) in [7, 11) is 0. The number of nitrogens with one attached hydrogen (secondary N) is 1. The Kier molecular flexibility index (Phi) is 3.64. The molecule has 3 aromatic rings. The highest BCUT2D eigenvalue weighted by Crippen LogP contribution is 2.26. The lowest BCUT2D eigenvalue weighted by molar-refractivity contribution is 0.103. The lowest BCUT2D eigenvalue weighted by atomic mass is 10.0. The number of carbonyl (C=O) groups is 1. The largest absolute Gasteiger partial charge is 0.360 e. The van der Waals surface area contributed by atoms with Gasteiger partial charge in [-0.1, -0.05) is 41.1 Å². The molecule has 0 unspecified atom stereocenters. The summed E-state index contributed by atoms with van der Waals surface area (Å²) >= 11 is 3.20. The summed E-state index contributed by atoms with van der Waals surface area (Å²) in [5, 5.41) is 0.835. The fourth-order valence-corrected chi connectivity index (χ4v) is 2.85. The fraction of sp³-hybridized carbons (Fsp3) is 0.118. The van der Waals surface area contributed by atoms with Crippen LogP contribution in [0.15, 0.2) is 47.1 Å². The van der Waals surface area contributed by atoms with Gasteiger partial charge in [-0.2, -0.15) is 0 Å². The number of halogens is 2. The van der Waals surface area contributed by atoms with Crippen LogP contribution in [-0.4, -0.2) is 10.8 Å². The zero-order chi connectivity index (χ0) is 15.0. The van der Waals surface area contributed by atoms with Crippen molar-refractivity contribution in [3.8, 4) is 0 Å². The number of hydrogen-bond acceptors (Lipinski definition) is 1. The van der Waals surface area contributed by atoms with E-state index in [4.69, 9.17) is 0 Å². The van der Waals surface area contributed by atoms with Crippen molar-refractivity contribution in [2.75, 3.05) is 0 Å². The predicted octanol–water partition coefficient (Wildman–Crippen LogP) is 4.86. The monoisotopic (exact) mass is 345 g/mol. The first-order valence-corrected chi connectivity index (χ1v) is 7.50. The van der Waals surface area contributed by atoms with Gasteiger partial charge < -0.3 is 4.98 Å². The molecule has 0 bridgehead atoms. The van der Waals surface area contributed by atoms with E-state index in [1.54, 1.807) is 12.3 Å². The number of hydrogen-bond donors (Lipinski definition) is 1. The van der Waals surface area contributed by atoms with Crippen LogP contribution in [0.1, 0.15) is 28.4 Å². The number of fused-ring (bicyclic) bond motifs is 1. The summed E-state index contributed by atoms with van der Waals surface area (Å²) in [6, 6.07) is 10.3. The van der Waals surface area contributed by atoms with Crippen molar-refractivity contribution in [3.05, 3.63) is 69.6 Å². The maximum Gasteiger partial charge on any atom is 0.198 e. The molecule has 2 nitrogen and oxygen atoms in total. The van der Waals surface area contributed by atoms with Gasteiger partial charge in [-0.3, -0.25) is 4.79 Å². The molecular formula is C17H13BrFNO. The normalized spacial score (nSPS) is 11.0. The van der Waals surface area contributed by atoms with E-state index in [1.807, 2.05) is 18.2 Å². The van der Waals surface area contributed by atoms with Crippen LogP contribution in [-0.2, 0) is 6.42 Å². The standard InChI is InChI=1S/C17H13BrFNO/c1-2-10-4-3-5-12-14(9-20-16(10)12)17(21)13-7-6-11(18)8-15(13)19/h3-9,20H,2H2,1H3. The molecule has 0 radical (unpaired) electrons. The van der Waals surface area contributed by atoms with E-state index in [1.165, 1.54) is 12.1 Å². The smallest absolute Gasteiger partial charge is 0.198 e. The lowest BCUT2D eigenvalue weighted by Gasteiger charge is -2.03. The quantitative estimate of drug-likeness (QED) is 0.675. The van der Waals surface area contributed by atoms with Crippen molar-refractivity contribution in [2.45, 2.75) is 13.3 Å². The minimum absolute atomic E-state index is 0.0843. The molecule has 4 heteroatoms. The Labute approximate surface area is 130 Å². The Morgan fingerprint density at radius 3 is 2.76 bits per heavy atom. The number of aryl methyl sites for hydroxylation is 1. The van der Waals surface area contributed by atoms with Crippen LogP contribution in [0.5, 0.6) is 0 Å². The van der Waals surface area contributed by atoms with Crippen LogP contribution in [0, 0.1) is 5.82 Å². The van der Waals surface area contributed by atoms with Gasteiger partial charge in [0.15, 0.2) is 5.78 Å². The molecule has 0 saturated carbocycles. The predicted molar refractivity (Wildman–Crippen MR) is 85.2 cm³/mol. The number of para-hydroxylation sites is 1. The summed E-state index contributed by atoms with van der Waals surface area (Å²) in [5.74, 6) is -0.824. The molecule has 1 N–H and O–H groups in total. The number of aromatic amines is 1. The molecule has 3 rings (SSSR count). The second-order valence-corrected chi connectivity index (χ2v) is 5.76. The summed E-state index contributed by atoms with van der Waals surface area (Å²) in [6.45, 7) is 2.06. The molecule has 0 aliphatic carbocycles. The first-order chi connectivity index (χ1) is 10.1. The lowest BCUT2D eigenvalue weighted by Crippen LogP contribution is -2.03. The van der Waals surface area contributed by atoms with Gasteiger partial charge >= 0.3 is 0 Å². The Bertz CT molecular complexity index is 838. The first-order valence-electron chi connectivity index (χ1n) is 6.70.